The number of nitrogens with two attached hydrogens (primary N) is 1. The van der Waals surface area contributed by atoms with Crippen molar-refractivity contribution in [3.8, 4) is 11.8 Å². The van der Waals surface area contributed by atoms with Crippen LogP contribution in [0.2, 0.25) is 0 Å². The standard InChI is InChI=1S/C14H11F2N3O/c1-20-14-6-13(10(16)5-11(14)18)19-12-3-2-9(15)4-8(12)7-17/h2-6,19H,18H2,1H3. The number of rotatable bonds is 3. The maximum Gasteiger partial charge on any atom is 0.148 e. The maximum atomic E-state index is 13.8. The average molecular weight is 275 g/mol. The van der Waals surface area contributed by atoms with Crippen LogP contribution in [0, 0.1) is 23.0 Å². The topological polar surface area (TPSA) is 71.1 Å². The number of benzene rings is 2. The van der Waals surface area contributed by atoms with Crippen LogP contribution in [0.15, 0.2) is 30.3 Å². The van der Waals surface area contributed by atoms with E-state index in [0.29, 0.717) is 11.4 Å². The van der Waals surface area contributed by atoms with E-state index in [-0.39, 0.29) is 16.9 Å². The second-order valence-corrected chi connectivity index (χ2v) is 4.00. The highest BCUT2D eigenvalue weighted by atomic mass is 19.1. The molecule has 0 aliphatic heterocycles. The van der Waals surface area contributed by atoms with Gasteiger partial charge in [-0.3, -0.25) is 0 Å². The lowest BCUT2D eigenvalue weighted by Crippen LogP contribution is -2.00. The highest BCUT2D eigenvalue weighted by molar-refractivity contribution is 5.70. The highest BCUT2D eigenvalue weighted by Crippen LogP contribution is 2.31. The molecule has 3 N–H and O–H groups in total. The van der Waals surface area contributed by atoms with Crippen LogP contribution >= 0.6 is 0 Å². The number of hydrogen-bond acceptors (Lipinski definition) is 4. The van der Waals surface area contributed by atoms with Gasteiger partial charge in [0.25, 0.3) is 0 Å². The number of nitriles is 1. The van der Waals surface area contributed by atoms with Crippen molar-refractivity contribution in [1.82, 2.24) is 0 Å². The lowest BCUT2D eigenvalue weighted by molar-refractivity contribution is 0.416. The van der Waals surface area contributed by atoms with Crippen LogP contribution in [-0.4, -0.2) is 7.11 Å². The number of nitrogens with zero attached hydrogens (tertiary/aromatic N) is 1. The smallest absolute Gasteiger partial charge is 0.148 e. The lowest BCUT2D eigenvalue weighted by atomic mass is 10.1. The van der Waals surface area contributed by atoms with Gasteiger partial charge in [-0.05, 0) is 18.2 Å². The molecule has 0 aliphatic rings. The second-order valence-electron chi connectivity index (χ2n) is 4.00. The van der Waals surface area contributed by atoms with Crippen LogP contribution in [0.4, 0.5) is 25.8 Å². The minimum absolute atomic E-state index is 0.0696. The van der Waals surface area contributed by atoms with Crippen LogP contribution < -0.4 is 15.8 Å². The summed E-state index contributed by atoms with van der Waals surface area (Å²) in [5.74, 6) is -0.839. The monoisotopic (exact) mass is 275 g/mol. The van der Waals surface area contributed by atoms with Crippen LogP contribution in [-0.2, 0) is 0 Å². The summed E-state index contributed by atoms with van der Waals surface area (Å²) in [4.78, 5) is 0. The molecule has 0 amide bonds. The molecule has 0 aliphatic carbocycles. The SMILES string of the molecule is COc1cc(Nc2ccc(F)cc2C#N)c(F)cc1N. The number of hydrogen-bond donors (Lipinski definition) is 2. The summed E-state index contributed by atoms with van der Waals surface area (Å²) in [5, 5.41) is 11.7. The number of methoxy groups -OCH3 is 1. The Kier molecular flexibility index (Phi) is 3.71. The molecule has 2 aromatic rings. The Morgan fingerprint density at radius 1 is 1.20 bits per heavy atom. The molecule has 6 heteroatoms. The van der Waals surface area contributed by atoms with E-state index in [2.05, 4.69) is 5.32 Å². The van der Waals surface area contributed by atoms with Gasteiger partial charge in [0.05, 0.1) is 29.7 Å². The lowest BCUT2D eigenvalue weighted by Gasteiger charge is -2.12. The highest BCUT2D eigenvalue weighted by Gasteiger charge is 2.11. The molecule has 4 nitrogen and oxygen atoms in total. The van der Waals surface area contributed by atoms with Gasteiger partial charge < -0.3 is 15.8 Å². The number of halogens is 2. The van der Waals surface area contributed by atoms with Gasteiger partial charge in [0.1, 0.15) is 23.5 Å². The van der Waals surface area contributed by atoms with Gasteiger partial charge in [-0.1, -0.05) is 0 Å². The van der Waals surface area contributed by atoms with E-state index in [9.17, 15) is 8.78 Å². The minimum Gasteiger partial charge on any atom is -0.495 e. The first-order valence-electron chi connectivity index (χ1n) is 5.65. The van der Waals surface area contributed by atoms with Crippen molar-refractivity contribution < 1.29 is 13.5 Å². The molecule has 0 aromatic heterocycles. The zero-order valence-electron chi connectivity index (χ0n) is 10.6. The van der Waals surface area contributed by atoms with Gasteiger partial charge in [-0.2, -0.15) is 5.26 Å². The normalized spacial score (nSPS) is 9.90. The summed E-state index contributed by atoms with van der Waals surface area (Å²) in [7, 11) is 1.41. The molecule has 0 bridgehead atoms. The summed E-state index contributed by atoms with van der Waals surface area (Å²) in [6, 6.07) is 7.91. The molecule has 0 fully saturated rings. The molecular formula is C14H11F2N3O. The second kappa shape index (κ2) is 5.45. The van der Waals surface area contributed by atoms with Crippen molar-refractivity contribution in [3.63, 3.8) is 0 Å². The van der Waals surface area contributed by atoms with Crippen LogP contribution in [0.3, 0.4) is 0 Å². The number of anilines is 3. The Balaban J connectivity index is 2.43. The summed E-state index contributed by atoms with van der Waals surface area (Å²) < 4.78 is 31.8. The van der Waals surface area contributed by atoms with E-state index >= 15 is 0 Å². The molecule has 0 unspecified atom stereocenters. The number of nitrogen functional groups attached to an aromatic ring is 1. The van der Waals surface area contributed by atoms with Crippen molar-refractivity contribution in [3.05, 3.63) is 47.5 Å². The Morgan fingerprint density at radius 3 is 2.60 bits per heavy atom. The first kappa shape index (κ1) is 13.6. The quantitative estimate of drug-likeness (QED) is 0.844. The Morgan fingerprint density at radius 2 is 1.95 bits per heavy atom. The molecule has 0 saturated heterocycles. The fourth-order valence-corrected chi connectivity index (χ4v) is 1.70. The van der Waals surface area contributed by atoms with Gasteiger partial charge in [-0.15, -0.1) is 0 Å². The predicted octanol–water partition coefficient (Wildman–Crippen LogP) is 3.17. The van der Waals surface area contributed by atoms with E-state index in [0.717, 1.165) is 12.1 Å². The van der Waals surface area contributed by atoms with Crippen molar-refractivity contribution in [2.45, 2.75) is 0 Å². The first-order valence-corrected chi connectivity index (χ1v) is 5.65. The molecule has 0 atom stereocenters. The van der Waals surface area contributed by atoms with E-state index in [1.807, 2.05) is 6.07 Å². The molecule has 0 heterocycles. The van der Waals surface area contributed by atoms with E-state index in [1.54, 1.807) is 0 Å². The van der Waals surface area contributed by atoms with Crippen molar-refractivity contribution >= 4 is 17.1 Å². The molecule has 102 valence electrons. The van der Waals surface area contributed by atoms with Gasteiger partial charge in [-0.25, -0.2) is 8.78 Å². The molecule has 2 rings (SSSR count). The van der Waals surface area contributed by atoms with E-state index in [4.69, 9.17) is 15.7 Å². The minimum atomic E-state index is -0.600. The average Bonchev–Trinajstić information content (AvgIpc) is 2.43. The van der Waals surface area contributed by atoms with Gasteiger partial charge in [0.2, 0.25) is 0 Å². The Bertz CT molecular complexity index is 696. The number of ether oxygens (including phenoxy) is 1. The molecule has 2 aromatic carbocycles. The third-order valence-corrected chi connectivity index (χ3v) is 2.69. The Labute approximate surface area is 114 Å². The predicted molar refractivity (Wildman–Crippen MR) is 71.8 cm³/mol. The van der Waals surface area contributed by atoms with Crippen molar-refractivity contribution in [2.75, 3.05) is 18.2 Å². The van der Waals surface area contributed by atoms with Gasteiger partial charge in [0.15, 0.2) is 0 Å². The largest absolute Gasteiger partial charge is 0.495 e. The molecular weight excluding hydrogens is 264 g/mol. The molecule has 0 radical (unpaired) electrons. The first-order chi connectivity index (χ1) is 9.55. The van der Waals surface area contributed by atoms with Crippen LogP contribution in [0.1, 0.15) is 5.56 Å². The van der Waals surface area contributed by atoms with E-state index < -0.39 is 11.6 Å². The molecule has 20 heavy (non-hydrogen) atoms. The summed E-state index contributed by atoms with van der Waals surface area (Å²) >= 11 is 0. The van der Waals surface area contributed by atoms with Gasteiger partial charge >= 0.3 is 0 Å². The fourth-order valence-electron chi connectivity index (χ4n) is 1.70. The van der Waals surface area contributed by atoms with Gasteiger partial charge in [0, 0.05) is 12.1 Å². The zero-order valence-corrected chi connectivity index (χ0v) is 10.6. The van der Waals surface area contributed by atoms with E-state index in [1.165, 1.54) is 25.3 Å². The summed E-state index contributed by atoms with van der Waals surface area (Å²) in [6.45, 7) is 0. The fraction of sp³-hybridized carbons (Fsp3) is 0.0714. The maximum absolute atomic E-state index is 13.8. The third-order valence-electron chi connectivity index (χ3n) is 2.69. The summed E-state index contributed by atoms with van der Waals surface area (Å²) in [5.41, 5.74) is 6.18. The molecule has 0 saturated carbocycles. The van der Waals surface area contributed by atoms with Crippen LogP contribution in [0.5, 0.6) is 5.75 Å². The van der Waals surface area contributed by atoms with Crippen molar-refractivity contribution in [1.29, 1.82) is 5.26 Å². The number of nitrogens with one attached hydrogen (secondary N) is 1. The summed E-state index contributed by atoms with van der Waals surface area (Å²) in [6.07, 6.45) is 0. The zero-order chi connectivity index (χ0) is 14.7. The molecule has 0 spiro atoms. The third kappa shape index (κ3) is 2.62. The van der Waals surface area contributed by atoms with Crippen molar-refractivity contribution in [2.24, 2.45) is 0 Å². The van der Waals surface area contributed by atoms with Crippen LogP contribution in [0.25, 0.3) is 0 Å². The Hall–Kier alpha value is -2.81.